The molecule has 0 radical (unpaired) electrons. The molecule has 0 bridgehead atoms. The number of amides is 1. The second-order valence-electron chi connectivity index (χ2n) is 4.39. The molecule has 2 nitrogen and oxygen atoms in total. The summed E-state index contributed by atoms with van der Waals surface area (Å²) in [4.78, 5) is 10.9. The van der Waals surface area contributed by atoms with Crippen molar-refractivity contribution in [2.24, 2.45) is 5.73 Å². The standard InChI is InChI=1S/C12H17NO.C2H6/c1-9-4-6-10(7-5-9)12(2,3)8-11(13)14;1-2/h4-7H,8H2,1-3H3,(H2,13,14);1-2H3. The van der Waals surface area contributed by atoms with Gasteiger partial charge < -0.3 is 5.73 Å². The molecule has 0 unspecified atom stereocenters. The van der Waals surface area contributed by atoms with Crippen molar-refractivity contribution in [1.82, 2.24) is 0 Å². The number of rotatable bonds is 3. The van der Waals surface area contributed by atoms with E-state index in [2.05, 4.69) is 24.3 Å². The molecule has 2 heteroatoms. The summed E-state index contributed by atoms with van der Waals surface area (Å²) in [7, 11) is 0. The van der Waals surface area contributed by atoms with Gasteiger partial charge in [-0.15, -0.1) is 0 Å². The Kier molecular flexibility index (Phi) is 5.79. The molecule has 0 aliphatic rings. The van der Waals surface area contributed by atoms with Crippen LogP contribution in [0.5, 0.6) is 0 Å². The molecule has 0 saturated carbocycles. The van der Waals surface area contributed by atoms with Crippen molar-refractivity contribution >= 4 is 5.91 Å². The van der Waals surface area contributed by atoms with Gasteiger partial charge in [0.1, 0.15) is 0 Å². The minimum atomic E-state index is -0.254. The molecule has 0 atom stereocenters. The van der Waals surface area contributed by atoms with E-state index in [-0.39, 0.29) is 11.3 Å². The van der Waals surface area contributed by atoms with Crippen LogP contribution in [0, 0.1) is 6.92 Å². The van der Waals surface area contributed by atoms with Crippen LogP contribution >= 0.6 is 0 Å². The first kappa shape index (κ1) is 14.7. The highest BCUT2D eigenvalue weighted by Crippen LogP contribution is 2.26. The second kappa shape index (κ2) is 6.31. The molecule has 0 saturated heterocycles. The lowest BCUT2D eigenvalue weighted by atomic mass is 9.81. The largest absolute Gasteiger partial charge is 0.370 e. The predicted octanol–water partition coefficient (Wildman–Crippen LogP) is 3.17. The minimum absolute atomic E-state index is 0.167. The molecular weight excluding hydrogens is 198 g/mol. The summed E-state index contributed by atoms with van der Waals surface area (Å²) in [5, 5.41) is 0. The smallest absolute Gasteiger partial charge is 0.218 e. The fourth-order valence-electron chi connectivity index (χ4n) is 1.54. The zero-order valence-electron chi connectivity index (χ0n) is 11.0. The van der Waals surface area contributed by atoms with Gasteiger partial charge in [-0.3, -0.25) is 4.79 Å². The Morgan fingerprint density at radius 3 is 2.00 bits per heavy atom. The predicted molar refractivity (Wildman–Crippen MR) is 69.4 cm³/mol. The number of primary amides is 1. The van der Waals surface area contributed by atoms with Crippen molar-refractivity contribution in [1.29, 1.82) is 0 Å². The molecule has 2 N–H and O–H groups in total. The summed E-state index contributed by atoms with van der Waals surface area (Å²) in [6, 6.07) is 8.21. The zero-order valence-corrected chi connectivity index (χ0v) is 11.0. The van der Waals surface area contributed by atoms with E-state index in [4.69, 9.17) is 5.73 Å². The molecule has 16 heavy (non-hydrogen) atoms. The Morgan fingerprint density at radius 2 is 1.62 bits per heavy atom. The van der Waals surface area contributed by atoms with Crippen LogP contribution in [0.4, 0.5) is 0 Å². The van der Waals surface area contributed by atoms with Crippen LogP contribution in [0.25, 0.3) is 0 Å². The van der Waals surface area contributed by atoms with Gasteiger partial charge in [0, 0.05) is 6.42 Å². The maximum Gasteiger partial charge on any atom is 0.218 e. The quantitative estimate of drug-likeness (QED) is 0.837. The van der Waals surface area contributed by atoms with Crippen LogP contribution in [-0.4, -0.2) is 5.91 Å². The van der Waals surface area contributed by atoms with Crippen LogP contribution in [0.3, 0.4) is 0 Å². The van der Waals surface area contributed by atoms with Gasteiger partial charge in [0.25, 0.3) is 0 Å². The molecular formula is C14H23NO. The van der Waals surface area contributed by atoms with Crippen molar-refractivity contribution in [2.75, 3.05) is 0 Å². The summed E-state index contributed by atoms with van der Waals surface area (Å²) < 4.78 is 0. The molecule has 0 spiro atoms. The third kappa shape index (κ3) is 4.47. The monoisotopic (exact) mass is 221 g/mol. The fraction of sp³-hybridized carbons (Fsp3) is 0.500. The molecule has 0 heterocycles. The van der Waals surface area contributed by atoms with E-state index < -0.39 is 0 Å². The van der Waals surface area contributed by atoms with Gasteiger partial charge in [-0.1, -0.05) is 57.5 Å². The number of carbonyl (C=O) groups excluding carboxylic acids is 1. The van der Waals surface area contributed by atoms with E-state index in [1.165, 1.54) is 5.56 Å². The molecule has 0 aliphatic carbocycles. The average molecular weight is 221 g/mol. The Labute approximate surface area is 98.9 Å². The van der Waals surface area contributed by atoms with Crippen molar-refractivity contribution in [3.05, 3.63) is 35.4 Å². The maximum atomic E-state index is 10.9. The summed E-state index contributed by atoms with van der Waals surface area (Å²) in [6.07, 6.45) is 0.385. The molecule has 1 aromatic rings. The average Bonchev–Trinajstić information content (AvgIpc) is 2.19. The Bertz CT molecular complexity index is 325. The van der Waals surface area contributed by atoms with Crippen molar-refractivity contribution in [3.8, 4) is 0 Å². The molecule has 0 aliphatic heterocycles. The zero-order chi connectivity index (χ0) is 12.8. The minimum Gasteiger partial charge on any atom is -0.370 e. The molecule has 1 rings (SSSR count). The SMILES string of the molecule is CC.Cc1ccc(C(C)(C)CC(N)=O)cc1. The van der Waals surface area contributed by atoms with E-state index in [0.717, 1.165) is 5.56 Å². The van der Waals surface area contributed by atoms with Crippen LogP contribution in [-0.2, 0) is 10.2 Å². The molecule has 90 valence electrons. The van der Waals surface area contributed by atoms with Crippen molar-refractivity contribution in [2.45, 2.75) is 46.5 Å². The normalized spacial score (nSPS) is 10.3. The Hall–Kier alpha value is -1.31. The molecule has 0 aromatic heterocycles. The highest BCUT2D eigenvalue weighted by molar-refractivity contribution is 5.75. The van der Waals surface area contributed by atoms with Gasteiger partial charge in [-0.2, -0.15) is 0 Å². The van der Waals surface area contributed by atoms with Gasteiger partial charge >= 0.3 is 0 Å². The molecule has 0 fully saturated rings. The summed E-state index contributed by atoms with van der Waals surface area (Å²) in [5.74, 6) is -0.254. The van der Waals surface area contributed by atoms with Crippen LogP contribution in [0.1, 0.15) is 45.2 Å². The third-order valence-electron chi connectivity index (χ3n) is 2.45. The third-order valence-corrected chi connectivity index (χ3v) is 2.45. The maximum absolute atomic E-state index is 10.9. The Morgan fingerprint density at radius 1 is 1.19 bits per heavy atom. The Balaban J connectivity index is 0.00000106. The first-order valence-electron chi connectivity index (χ1n) is 5.77. The number of aryl methyl sites for hydroxylation is 1. The lowest BCUT2D eigenvalue weighted by molar-refractivity contribution is -0.119. The fourth-order valence-corrected chi connectivity index (χ4v) is 1.54. The number of benzene rings is 1. The lowest BCUT2D eigenvalue weighted by Gasteiger charge is -2.23. The van der Waals surface area contributed by atoms with E-state index in [0.29, 0.717) is 6.42 Å². The molecule has 1 amide bonds. The number of hydrogen-bond acceptors (Lipinski definition) is 1. The van der Waals surface area contributed by atoms with Gasteiger partial charge in [0.05, 0.1) is 0 Å². The van der Waals surface area contributed by atoms with Gasteiger partial charge in [0.2, 0.25) is 5.91 Å². The highest BCUT2D eigenvalue weighted by atomic mass is 16.1. The van der Waals surface area contributed by atoms with E-state index in [9.17, 15) is 4.79 Å². The van der Waals surface area contributed by atoms with Crippen LogP contribution < -0.4 is 5.73 Å². The summed E-state index contributed by atoms with van der Waals surface area (Å²) in [6.45, 7) is 10.1. The van der Waals surface area contributed by atoms with Gasteiger partial charge in [0.15, 0.2) is 0 Å². The van der Waals surface area contributed by atoms with Gasteiger partial charge in [-0.25, -0.2) is 0 Å². The topological polar surface area (TPSA) is 43.1 Å². The van der Waals surface area contributed by atoms with Crippen LogP contribution in [0.15, 0.2) is 24.3 Å². The first-order chi connectivity index (χ1) is 7.42. The lowest BCUT2D eigenvalue weighted by Crippen LogP contribution is -2.26. The van der Waals surface area contributed by atoms with E-state index >= 15 is 0 Å². The number of nitrogens with two attached hydrogens (primary N) is 1. The van der Waals surface area contributed by atoms with Crippen molar-refractivity contribution < 1.29 is 4.79 Å². The first-order valence-corrected chi connectivity index (χ1v) is 5.77. The van der Waals surface area contributed by atoms with E-state index in [1.54, 1.807) is 0 Å². The number of hydrogen-bond donors (Lipinski definition) is 1. The van der Waals surface area contributed by atoms with Gasteiger partial charge in [-0.05, 0) is 17.9 Å². The molecule has 1 aromatic carbocycles. The highest BCUT2D eigenvalue weighted by Gasteiger charge is 2.22. The number of carbonyl (C=O) groups is 1. The summed E-state index contributed by atoms with van der Waals surface area (Å²) in [5.41, 5.74) is 7.42. The van der Waals surface area contributed by atoms with Crippen molar-refractivity contribution in [3.63, 3.8) is 0 Å². The second-order valence-corrected chi connectivity index (χ2v) is 4.39. The summed E-state index contributed by atoms with van der Waals surface area (Å²) >= 11 is 0. The van der Waals surface area contributed by atoms with Crippen LogP contribution in [0.2, 0.25) is 0 Å². The van der Waals surface area contributed by atoms with E-state index in [1.807, 2.05) is 34.6 Å².